The minimum Gasteiger partial charge on any atom is -0.491 e. The van der Waals surface area contributed by atoms with Gasteiger partial charge in [0.25, 0.3) is 0 Å². The molecule has 0 radical (unpaired) electrons. The van der Waals surface area contributed by atoms with Gasteiger partial charge in [-0.05, 0) is 30.7 Å². The topological polar surface area (TPSA) is 102 Å². The molecule has 0 spiro atoms. The molecule has 0 aromatic heterocycles. The fourth-order valence-electron chi connectivity index (χ4n) is 1.67. The van der Waals surface area contributed by atoms with Crippen molar-refractivity contribution in [2.24, 2.45) is 0 Å². The molecule has 1 aromatic rings. The summed E-state index contributed by atoms with van der Waals surface area (Å²) >= 11 is 0. The number of ether oxygens (including phenoxy) is 2. The maximum absolute atomic E-state index is 11.2. The normalized spacial score (nSPS) is 10.1. The van der Waals surface area contributed by atoms with E-state index in [2.05, 4.69) is 5.32 Å². The van der Waals surface area contributed by atoms with Crippen LogP contribution in [0.25, 0.3) is 0 Å². The first-order valence-corrected chi connectivity index (χ1v) is 7.36. The molecule has 2 N–H and O–H groups in total. The minimum atomic E-state index is -0.982. The molecular formula is C16H21NO6. The lowest BCUT2D eigenvalue weighted by atomic mass is 10.2. The molecule has 0 aliphatic carbocycles. The lowest BCUT2D eigenvalue weighted by Crippen LogP contribution is -2.25. The first kappa shape index (κ1) is 18.6. The number of carbonyl (C=O) groups excluding carboxylic acids is 2. The number of nitrogens with one attached hydrogen (secondary N) is 1. The molecule has 0 unspecified atom stereocenters. The Kier molecular flexibility index (Phi) is 9.07. The van der Waals surface area contributed by atoms with Gasteiger partial charge >= 0.3 is 5.97 Å². The van der Waals surface area contributed by atoms with Crippen LogP contribution in [0, 0.1) is 0 Å². The molecule has 0 heterocycles. The highest BCUT2D eigenvalue weighted by Gasteiger charge is 2.04. The summed E-state index contributed by atoms with van der Waals surface area (Å²) in [5.41, 5.74) is 0.596. The monoisotopic (exact) mass is 323 g/mol. The van der Waals surface area contributed by atoms with Crippen molar-refractivity contribution in [3.05, 3.63) is 29.8 Å². The van der Waals surface area contributed by atoms with E-state index in [9.17, 15) is 14.4 Å². The van der Waals surface area contributed by atoms with Gasteiger partial charge in [-0.25, -0.2) is 0 Å². The Hall–Kier alpha value is -2.41. The molecule has 7 heteroatoms. The highest BCUT2D eigenvalue weighted by Crippen LogP contribution is 2.10. The Labute approximate surface area is 134 Å². The van der Waals surface area contributed by atoms with Gasteiger partial charge < -0.3 is 19.9 Å². The number of carboxylic acid groups (broad SMARTS) is 1. The minimum absolute atomic E-state index is 0.00702. The van der Waals surface area contributed by atoms with Crippen LogP contribution in [-0.4, -0.2) is 49.6 Å². The van der Waals surface area contributed by atoms with Crippen LogP contribution in [0.2, 0.25) is 0 Å². The number of rotatable bonds is 12. The summed E-state index contributed by atoms with van der Waals surface area (Å²) in [6.07, 6.45) is 1.25. The smallest absolute Gasteiger partial charge is 0.303 e. The van der Waals surface area contributed by atoms with Crippen molar-refractivity contribution in [2.45, 2.75) is 19.3 Å². The van der Waals surface area contributed by atoms with Crippen molar-refractivity contribution < 1.29 is 29.0 Å². The molecule has 23 heavy (non-hydrogen) atoms. The van der Waals surface area contributed by atoms with Gasteiger partial charge in [-0.3, -0.25) is 14.4 Å². The van der Waals surface area contributed by atoms with Crippen molar-refractivity contribution in [3.8, 4) is 5.75 Å². The van der Waals surface area contributed by atoms with Gasteiger partial charge in [0.1, 0.15) is 18.6 Å². The van der Waals surface area contributed by atoms with Crippen LogP contribution in [0.1, 0.15) is 29.6 Å². The van der Waals surface area contributed by atoms with Gasteiger partial charge in [0, 0.05) is 25.1 Å². The van der Waals surface area contributed by atoms with E-state index in [1.54, 1.807) is 24.3 Å². The van der Waals surface area contributed by atoms with Crippen molar-refractivity contribution in [1.82, 2.24) is 5.32 Å². The average molecular weight is 323 g/mol. The van der Waals surface area contributed by atoms with Gasteiger partial charge in [0.2, 0.25) is 5.91 Å². The SMILES string of the molecule is O=Cc1ccc(OCCOCCCNC(=O)CCC(=O)O)cc1. The van der Waals surface area contributed by atoms with Crippen molar-refractivity contribution in [1.29, 1.82) is 0 Å². The van der Waals surface area contributed by atoms with Gasteiger partial charge in [-0.2, -0.15) is 0 Å². The Bertz CT molecular complexity index is 500. The van der Waals surface area contributed by atoms with E-state index in [-0.39, 0.29) is 18.7 Å². The number of hydrogen-bond acceptors (Lipinski definition) is 5. The van der Waals surface area contributed by atoms with Gasteiger partial charge in [0.15, 0.2) is 0 Å². The lowest BCUT2D eigenvalue weighted by Gasteiger charge is -2.08. The molecule has 0 fully saturated rings. The Morgan fingerprint density at radius 1 is 1.09 bits per heavy atom. The number of hydrogen-bond donors (Lipinski definition) is 2. The van der Waals surface area contributed by atoms with E-state index < -0.39 is 5.97 Å². The zero-order valence-corrected chi connectivity index (χ0v) is 12.8. The third kappa shape index (κ3) is 9.26. The lowest BCUT2D eigenvalue weighted by molar-refractivity contribution is -0.138. The number of carbonyl (C=O) groups is 3. The summed E-state index contributed by atoms with van der Waals surface area (Å²) in [6.45, 7) is 1.74. The molecule has 0 atom stereocenters. The molecule has 0 saturated carbocycles. The summed E-state index contributed by atoms with van der Waals surface area (Å²) in [4.78, 5) is 32.0. The van der Waals surface area contributed by atoms with E-state index in [1.165, 1.54) is 0 Å². The van der Waals surface area contributed by atoms with Crippen LogP contribution in [0.5, 0.6) is 5.75 Å². The van der Waals surface area contributed by atoms with Crippen LogP contribution < -0.4 is 10.1 Å². The Morgan fingerprint density at radius 3 is 2.48 bits per heavy atom. The molecule has 1 amide bonds. The summed E-state index contributed by atoms with van der Waals surface area (Å²) in [5.74, 6) is -0.580. The zero-order valence-electron chi connectivity index (χ0n) is 12.8. The molecule has 0 aliphatic heterocycles. The molecular weight excluding hydrogens is 302 g/mol. The maximum Gasteiger partial charge on any atom is 0.303 e. The second-order valence-corrected chi connectivity index (χ2v) is 4.74. The number of benzene rings is 1. The predicted molar refractivity (Wildman–Crippen MR) is 82.6 cm³/mol. The van der Waals surface area contributed by atoms with Crippen LogP contribution >= 0.6 is 0 Å². The largest absolute Gasteiger partial charge is 0.491 e. The van der Waals surface area contributed by atoms with Crippen molar-refractivity contribution >= 4 is 18.2 Å². The molecule has 1 rings (SSSR count). The van der Waals surface area contributed by atoms with Crippen LogP contribution in [0.4, 0.5) is 0 Å². The predicted octanol–water partition coefficient (Wildman–Crippen LogP) is 1.27. The molecule has 7 nitrogen and oxygen atoms in total. The molecule has 0 bridgehead atoms. The third-order valence-electron chi connectivity index (χ3n) is 2.87. The summed E-state index contributed by atoms with van der Waals surface area (Å²) in [7, 11) is 0. The first-order valence-electron chi connectivity index (χ1n) is 7.36. The quantitative estimate of drug-likeness (QED) is 0.443. The Morgan fingerprint density at radius 2 is 1.83 bits per heavy atom. The number of aldehydes is 1. The van der Waals surface area contributed by atoms with E-state index >= 15 is 0 Å². The van der Waals surface area contributed by atoms with Gasteiger partial charge in [-0.1, -0.05) is 0 Å². The van der Waals surface area contributed by atoms with E-state index in [1.807, 2.05) is 0 Å². The third-order valence-corrected chi connectivity index (χ3v) is 2.87. The fourth-order valence-corrected chi connectivity index (χ4v) is 1.67. The number of aliphatic carboxylic acids is 1. The van der Waals surface area contributed by atoms with Gasteiger partial charge in [-0.15, -0.1) is 0 Å². The second kappa shape index (κ2) is 11.2. The summed E-state index contributed by atoms with van der Waals surface area (Å²) in [5, 5.41) is 11.1. The molecule has 1 aromatic carbocycles. The van der Waals surface area contributed by atoms with Gasteiger partial charge in [0.05, 0.1) is 13.0 Å². The van der Waals surface area contributed by atoms with Crippen molar-refractivity contribution in [2.75, 3.05) is 26.4 Å². The fraction of sp³-hybridized carbons (Fsp3) is 0.438. The maximum atomic E-state index is 11.2. The van der Waals surface area contributed by atoms with E-state index in [4.69, 9.17) is 14.6 Å². The van der Waals surface area contributed by atoms with E-state index in [0.717, 1.165) is 6.29 Å². The van der Waals surface area contributed by atoms with Crippen LogP contribution in [0.3, 0.4) is 0 Å². The zero-order chi connectivity index (χ0) is 16.9. The first-order chi connectivity index (χ1) is 11.1. The summed E-state index contributed by atoms with van der Waals surface area (Å²) < 4.78 is 10.8. The van der Waals surface area contributed by atoms with E-state index in [0.29, 0.717) is 44.1 Å². The Balaban J connectivity index is 1.96. The highest BCUT2D eigenvalue weighted by molar-refractivity contribution is 5.80. The number of amides is 1. The summed E-state index contributed by atoms with van der Waals surface area (Å²) in [6, 6.07) is 6.79. The highest BCUT2D eigenvalue weighted by atomic mass is 16.5. The van der Waals surface area contributed by atoms with Crippen molar-refractivity contribution in [3.63, 3.8) is 0 Å². The average Bonchev–Trinajstić information content (AvgIpc) is 2.56. The molecule has 126 valence electrons. The van der Waals surface area contributed by atoms with Crippen LogP contribution in [0.15, 0.2) is 24.3 Å². The van der Waals surface area contributed by atoms with Crippen LogP contribution in [-0.2, 0) is 14.3 Å². The standard InChI is InChI=1S/C16H21NO6/c18-12-13-2-4-14(5-3-13)23-11-10-22-9-1-8-17-15(19)6-7-16(20)21/h2-5,12H,1,6-11H2,(H,17,19)(H,20,21). The second-order valence-electron chi connectivity index (χ2n) is 4.74. The molecule has 0 aliphatic rings. The number of carboxylic acids is 1. The molecule has 0 saturated heterocycles.